The Kier molecular flexibility index (Phi) is 17.1. The van der Waals surface area contributed by atoms with Gasteiger partial charge in [0.1, 0.15) is 36.3 Å². The van der Waals surface area contributed by atoms with Crippen LogP contribution in [0.3, 0.4) is 0 Å². The van der Waals surface area contributed by atoms with Gasteiger partial charge in [-0.25, -0.2) is 0 Å². The fraction of sp³-hybridized carbons (Fsp3) is 0.982. The van der Waals surface area contributed by atoms with Crippen molar-refractivity contribution in [3.8, 4) is 0 Å². The Morgan fingerprint density at radius 2 is 0.973 bits per heavy atom. The molecule has 424 valence electrons. The molecule has 0 radical (unpaired) electrons. The molecule has 10 rings (SSSR count). The smallest absolute Gasteiger partial charge is 0.172 e. The number of Topliss-reactive ketones (excluding diaryl/α,β-unsaturated/α-hetero) is 1. The maximum absolute atomic E-state index is 13.4. The molecule has 10 fully saturated rings. The van der Waals surface area contributed by atoms with E-state index in [4.69, 9.17) is 75.8 Å². The van der Waals surface area contributed by atoms with Gasteiger partial charge >= 0.3 is 0 Å². The first-order valence-corrected chi connectivity index (χ1v) is 28.2. The van der Waals surface area contributed by atoms with Crippen LogP contribution in [0, 0.1) is 28.6 Å². The molecular formula is C55H90O19. The average Bonchev–Trinajstić information content (AvgIpc) is 3.88. The molecule has 7 aliphatic heterocycles. The zero-order chi connectivity index (χ0) is 52.6. The number of hydrogen-bond donors (Lipinski definition) is 2. The molecule has 0 aromatic carbocycles. The number of fused-ring (bicyclic) bond motifs is 5. The molecule has 0 aromatic rings. The minimum Gasteiger partial charge on any atom is -0.390 e. The molecule has 29 atom stereocenters. The Bertz CT molecular complexity index is 1890. The summed E-state index contributed by atoms with van der Waals surface area (Å²) in [5.74, 6) is 0.664. The predicted molar refractivity (Wildman–Crippen MR) is 261 cm³/mol. The number of ketones is 1. The van der Waals surface area contributed by atoms with E-state index < -0.39 is 116 Å². The lowest BCUT2D eigenvalue weighted by Crippen LogP contribution is -2.58. The van der Waals surface area contributed by atoms with Crippen molar-refractivity contribution in [3.05, 3.63) is 0 Å². The van der Waals surface area contributed by atoms with Crippen LogP contribution in [0.15, 0.2) is 0 Å². The topological polar surface area (TPSA) is 205 Å². The Labute approximate surface area is 438 Å². The maximum atomic E-state index is 13.4. The van der Waals surface area contributed by atoms with Gasteiger partial charge in [-0.2, -0.15) is 0 Å². The molecule has 2 N–H and O–H groups in total. The molecule has 2 bridgehead atoms. The zero-order valence-electron chi connectivity index (χ0n) is 46.0. The Balaban J connectivity index is 0.687. The van der Waals surface area contributed by atoms with E-state index in [0.717, 1.165) is 44.9 Å². The summed E-state index contributed by atoms with van der Waals surface area (Å²) in [5, 5.41) is 21.6. The highest BCUT2D eigenvalue weighted by Gasteiger charge is 2.70. The number of aliphatic hydroxyl groups excluding tert-OH is 2. The Morgan fingerprint density at radius 1 is 0.500 bits per heavy atom. The monoisotopic (exact) mass is 1050 g/mol. The first-order chi connectivity index (χ1) is 35.3. The van der Waals surface area contributed by atoms with Gasteiger partial charge in [0.05, 0.1) is 84.8 Å². The van der Waals surface area contributed by atoms with Crippen molar-refractivity contribution in [2.75, 3.05) is 28.4 Å². The average molecular weight is 1060 g/mol. The lowest BCUT2D eigenvalue weighted by molar-refractivity contribution is -0.351. The number of hydrogen-bond acceptors (Lipinski definition) is 19. The van der Waals surface area contributed by atoms with Gasteiger partial charge in [0, 0.05) is 85.2 Å². The molecule has 3 aliphatic carbocycles. The second-order valence-electron chi connectivity index (χ2n) is 24.2. The van der Waals surface area contributed by atoms with Crippen molar-refractivity contribution in [2.45, 2.75) is 286 Å². The minimum absolute atomic E-state index is 0.00137. The van der Waals surface area contributed by atoms with Gasteiger partial charge in [-0.1, -0.05) is 6.92 Å². The number of rotatable bonds is 14. The molecule has 19 nitrogen and oxygen atoms in total. The third kappa shape index (κ3) is 10.5. The summed E-state index contributed by atoms with van der Waals surface area (Å²) in [6.45, 7) is 16.2. The molecule has 7 heterocycles. The van der Waals surface area contributed by atoms with Crippen molar-refractivity contribution < 1.29 is 90.8 Å². The third-order valence-electron chi connectivity index (χ3n) is 20.1. The summed E-state index contributed by atoms with van der Waals surface area (Å²) in [7, 11) is 6.56. The van der Waals surface area contributed by atoms with E-state index in [0.29, 0.717) is 43.8 Å². The fourth-order valence-electron chi connectivity index (χ4n) is 15.8. The van der Waals surface area contributed by atoms with E-state index in [2.05, 4.69) is 20.8 Å². The van der Waals surface area contributed by atoms with E-state index in [-0.39, 0.29) is 60.3 Å². The highest BCUT2D eigenvalue weighted by atomic mass is 16.8. The third-order valence-corrected chi connectivity index (χ3v) is 20.1. The van der Waals surface area contributed by atoms with Crippen LogP contribution >= 0.6 is 0 Å². The lowest BCUT2D eigenvalue weighted by Gasteiger charge is -2.57. The molecule has 0 amide bonds. The summed E-state index contributed by atoms with van der Waals surface area (Å²) in [6.07, 6.45) is -1.70. The van der Waals surface area contributed by atoms with E-state index in [1.807, 2.05) is 27.7 Å². The van der Waals surface area contributed by atoms with Crippen LogP contribution in [0.4, 0.5) is 0 Å². The molecule has 1 spiro atoms. The van der Waals surface area contributed by atoms with Crippen LogP contribution in [-0.4, -0.2) is 192 Å². The first kappa shape index (κ1) is 56.2. The SMILES string of the molecule is CO[C@H]1C[C@H](O[C@H]2CC[C@@]3(C)[C@@H](CC[C@@]45O[C@@H](C)[C@@H]6CCC(=O)[C@]6(C)[C@@H](C[C@@H]43)O5)C2)O[C@H](C)[C@H]1O[C@H]1C[C@H](OC)[C@H](O[C@H]2C[C@@H](OC)[C@H](O[C@H]3C[C@H](O)[C@H](O[C@H]4C[C@@H](OC)[C@H](O)[C@@H](C)O4)[C@@H](C)O3)[C@@H](C)O2)[C@@H](C)O1. The summed E-state index contributed by atoms with van der Waals surface area (Å²) < 4.78 is 102. The van der Waals surface area contributed by atoms with Crippen molar-refractivity contribution in [1.82, 2.24) is 0 Å². The predicted octanol–water partition coefficient (Wildman–Crippen LogP) is 5.47. The molecular weight excluding hydrogens is 965 g/mol. The molecule has 7 saturated heterocycles. The quantitative estimate of drug-likeness (QED) is 0.207. The molecule has 3 saturated carbocycles. The second-order valence-corrected chi connectivity index (χ2v) is 24.2. The standard InChI is InChI=1S/C55H90O19/c1-26-34-13-14-41(57)54(34,8)42-25-40-53(7)17-16-33(19-32(53)15-18-55(40,73-26)74-42)68-44-22-37(60-10)51(29(4)65-44)71-47-24-39(62-12)52(31(6)67-47)72-46-23-38(61-11)50(30(5)66-46)70-43-20-35(56)49(28(3)64-43)69-45-21-36(59-9)48(58)27(2)63-45/h26-40,42-52,56,58H,13-25H2,1-12H3/t26-,27+,28+,29+,30+,31+,32-,33-,34-,35-,36+,37-,38+,39-,40+,42+,43-,44-,45-,46-,47-,48+,49+,50+,51+,52+,53-,54+,55-/m0/s1. The highest BCUT2D eigenvalue weighted by molar-refractivity contribution is 5.88. The van der Waals surface area contributed by atoms with Gasteiger partial charge in [0.2, 0.25) is 0 Å². The first-order valence-electron chi connectivity index (χ1n) is 28.2. The van der Waals surface area contributed by atoms with Crippen LogP contribution < -0.4 is 0 Å². The van der Waals surface area contributed by atoms with Crippen LogP contribution in [0.1, 0.15) is 139 Å². The summed E-state index contributed by atoms with van der Waals surface area (Å²) in [4.78, 5) is 13.4. The molecule has 0 unspecified atom stereocenters. The number of aliphatic hydroxyl groups is 2. The maximum Gasteiger partial charge on any atom is 0.172 e. The van der Waals surface area contributed by atoms with E-state index in [9.17, 15) is 15.0 Å². The van der Waals surface area contributed by atoms with Crippen molar-refractivity contribution in [1.29, 1.82) is 0 Å². The number of carbonyl (C=O) groups excluding carboxylic acids is 1. The lowest BCUT2D eigenvalue weighted by atomic mass is 9.52. The number of methoxy groups -OCH3 is 4. The second kappa shape index (κ2) is 22.5. The summed E-state index contributed by atoms with van der Waals surface area (Å²) >= 11 is 0. The van der Waals surface area contributed by atoms with E-state index >= 15 is 0 Å². The van der Waals surface area contributed by atoms with Crippen LogP contribution in [0.2, 0.25) is 0 Å². The van der Waals surface area contributed by atoms with Gasteiger partial charge in [0.25, 0.3) is 0 Å². The fourth-order valence-corrected chi connectivity index (χ4v) is 15.8. The summed E-state index contributed by atoms with van der Waals surface area (Å²) in [6, 6.07) is 0. The Morgan fingerprint density at radius 3 is 1.50 bits per heavy atom. The number of carbonyl (C=O) groups is 1. The normalized spacial score (nSPS) is 54.8. The van der Waals surface area contributed by atoms with Crippen LogP contribution in [0.5, 0.6) is 0 Å². The molecule has 19 heteroatoms. The zero-order valence-corrected chi connectivity index (χ0v) is 46.0. The van der Waals surface area contributed by atoms with Gasteiger partial charge < -0.3 is 86.0 Å². The van der Waals surface area contributed by atoms with Crippen LogP contribution in [-0.2, 0) is 80.6 Å². The minimum atomic E-state index is -0.901. The van der Waals surface area contributed by atoms with Crippen molar-refractivity contribution in [3.63, 3.8) is 0 Å². The van der Waals surface area contributed by atoms with Gasteiger partial charge in [-0.05, 0) is 98.3 Å². The molecule has 0 aromatic heterocycles. The van der Waals surface area contributed by atoms with Gasteiger partial charge in [0.15, 0.2) is 37.2 Å². The highest BCUT2D eigenvalue weighted by Crippen LogP contribution is 2.67. The van der Waals surface area contributed by atoms with Crippen molar-refractivity contribution in [2.24, 2.45) is 28.6 Å². The van der Waals surface area contributed by atoms with E-state index in [1.54, 1.807) is 35.4 Å². The van der Waals surface area contributed by atoms with Crippen LogP contribution in [0.25, 0.3) is 0 Å². The van der Waals surface area contributed by atoms with Gasteiger partial charge in [-0.15, -0.1) is 0 Å². The molecule has 74 heavy (non-hydrogen) atoms. The molecule has 10 aliphatic rings. The van der Waals surface area contributed by atoms with E-state index in [1.165, 1.54) is 0 Å². The van der Waals surface area contributed by atoms with Gasteiger partial charge in [-0.3, -0.25) is 4.79 Å². The Hall–Kier alpha value is -1.05. The number of ether oxygens (including phenoxy) is 16. The van der Waals surface area contributed by atoms with Crippen molar-refractivity contribution >= 4 is 5.78 Å². The summed E-state index contributed by atoms with van der Waals surface area (Å²) in [5.41, 5.74) is -0.437. The largest absolute Gasteiger partial charge is 0.390 e.